The molecule has 3 rings (SSSR count). The summed E-state index contributed by atoms with van der Waals surface area (Å²) in [6.45, 7) is 1.26. The van der Waals surface area contributed by atoms with Crippen LogP contribution in [-0.4, -0.2) is 29.1 Å². The lowest BCUT2D eigenvalue weighted by Gasteiger charge is -2.16. The number of carbonyl (C=O) groups is 1. The van der Waals surface area contributed by atoms with E-state index < -0.39 is 0 Å². The summed E-state index contributed by atoms with van der Waals surface area (Å²) in [5, 5.41) is 9.62. The van der Waals surface area contributed by atoms with Crippen LogP contribution in [0.15, 0.2) is 60.7 Å². The predicted molar refractivity (Wildman–Crippen MR) is 81.6 cm³/mol. The highest BCUT2D eigenvalue weighted by Crippen LogP contribution is 2.34. The molecule has 0 unspecified atom stereocenters. The summed E-state index contributed by atoms with van der Waals surface area (Å²) < 4.78 is 0. The van der Waals surface area contributed by atoms with Crippen molar-refractivity contribution in [2.24, 2.45) is 5.92 Å². The summed E-state index contributed by atoms with van der Waals surface area (Å²) in [5.74, 6) is -0.132. The zero-order valence-electron chi connectivity index (χ0n) is 11.9. The molecule has 0 aromatic heterocycles. The van der Waals surface area contributed by atoms with Crippen LogP contribution < -0.4 is 0 Å². The summed E-state index contributed by atoms with van der Waals surface area (Å²) >= 11 is 0. The zero-order chi connectivity index (χ0) is 14.7. The molecule has 0 aliphatic carbocycles. The first-order valence-corrected chi connectivity index (χ1v) is 7.28. The van der Waals surface area contributed by atoms with Crippen molar-refractivity contribution in [3.05, 3.63) is 71.8 Å². The summed E-state index contributed by atoms with van der Waals surface area (Å²) in [7, 11) is 0. The lowest BCUT2D eigenvalue weighted by molar-refractivity contribution is -0.129. The van der Waals surface area contributed by atoms with Gasteiger partial charge in [0.15, 0.2) is 0 Å². The summed E-state index contributed by atoms with van der Waals surface area (Å²) in [4.78, 5) is 14.5. The molecule has 1 saturated heterocycles. The first-order chi connectivity index (χ1) is 10.3. The number of hydrogen-bond donors (Lipinski definition) is 1. The average Bonchev–Trinajstić information content (AvgIpc) is 2.85. The fourth-order valence-electron chi connectivity index (χ4n) is 3.06. The highest BCUT2D eigenvalue weighted by atomic mass is 16.3. The van der Waals surface area contributed by atoms with Crippen LogP contribution in [0.4, 0.5) is 0 Å². The van der Waals surface area contributed by atoms with Crippen molar-refractivity contribution in [3.63, 3.8) is 0 Å². The number of likely N-dealkylation sites (tertiary alicyclic amines) is 1. The molecule has 1 aliphatic rings. The Balaban J connectivity index is 1.81. The van der Waals surface area contributed by atoms with Crippen LogP contribution in [0.25, 0.3) is 0 Å². The van der Waals surface area contributed by atoms with E-state index >= 15 is 0 Å². The Hall–Kier alpha value is -2.13. The van der Waals surface area contributed by atoms with Gasteiger partial charge in [0.2, 0.25) is 5.91 Å². The number of aliphatic hydroxyl groups is 1. The van der Waals surface area contributed by atoms with Gasteiger partial charge in [-0.25, -0.2) is 0 Å². The zero-order valence-corrected chi connectivity index (χ0v) is 11.9. The smallest absolute Gasteiger partial charge is 0.230 e. The van der Waals surface area contributed by atoms with E-state index in [9.17, 15) is 9.90 Å². The monoisotopic (exact) mass is 281 g/mol. The van der Waals surface area contributed by atoms with Crippen LogP contribution >= 0.6 is 0 Å². The van der Waals surface area contributed by atoms with Crippen LogP contribution in [0.2, 0.25) is 0 Å². The maximum Gasteiger partial charge on any atom is 0.230 e. The lowest BCUT2D eigenvalue weighted by Crippen LogP contribution is -2.26. The van der Waals surface area contributed by atoms with Crippen LogP contribution in [0, 0.1) is 5.92 Å². The van der Waals surface area contributed by atoms with Gasteiger partial charge < -0.3 is 10.0 Å². The number of hydrogen-bond acceptors (Lipinski definition) is 2. The molecule has 1 N–H and O–H groups in total. The number of benzene rings is 2. The summed E-state index contributed by atoms with van der Waals surface area (Å²) in [5.41, 5.74) is 2.12. The second-order valence-electron chi connectivity index (χ2n) is 5.54. The van der Waals surface area contributed by atoms with E-state index in [1.165, 1.54) is 0 Å². The highest BCUT2D eigenvalue weighted by Gasteiger charge is 2.40. The van der Waals surface area contributed by atoms with E-state index in [1.54, 1.807) is 0 Å². The quantitative estimate of drug-likeness (QED) is 0.935. The SMILES string of the molecule is O=C1[C@H](c2ccccc2)[C@@H](CO)CN1Cc1ccccc1. The molecule has 0 radical (unpaired) electrons. The van der Waals surface area contributed by atoms with Crippen LogP contribution in [0.3, 0.4) is 0 Å². The van der Waals surface area contributed by atoms with Crippen molar-refractivity contribution >= 4 is 5.91 Å². The van der Waals surface area contributed by atoms with Crippen LogP contribution in [-0.2, 0) is 11.3 Å². The molecule has 1 aliphatic heterocycles. The van der Waals surface area contributed by atoms with Gasteiger partial charge in [0.05, 0.1) is 5.92 Å². The molecular formula is C18H19NO2. The van der Waals surface area contributed by atoms with Gasteiger partial charge in [0.25, 0.3) is 0 Å². The van der Waals surface area contributed by atoms with Gasteiger partial charge in [-0.15, -0.1) is 0 Å². The Morgan fingerprint density at radius 1 is 1.00 bits per heavy atom. The van der Waals surface area contributed by atoms with Crippen molar-refractivity contribution in [2.45, 2.75) is 12.5 Å². The molecule has 2 atom stereocenters. The van der Waals surface area contributed by atoms with Gasteiger partial charge in [-0.2, -0.15) is 0 Å². The average molecular weight is 281 g/mol. The number of nitrogens with zero attached hydrogens (tertiary/aromatic N) is 1. The fraction of sp³-hybridized carbons (Fsp3) is 0.278. The predicted octanol–water partition coefficient (Wildman–Crippen LogP) is 2.42. The molecule has 108 valence electrons. The third-order valence-corrected chi connectivity index (χ3v) is 4.11. The van der Waals surface area contributed by atoms with Crippen molar-refractivity contribution in [3.8, 4) is 0 Å². The highest BCUT2D eigenvalue weighted by molar-refractivity contribution is 5.86. The maximum absolute atomic E-state index is 12.7. The van der Waals surface area contributed by atoms with E-state index in [1.807, 2.05) is 65.6 Å². The molecule has 0 saturated carbocycles. The largest absolute Gasteiger partial charge is 0.396 e. The Bertz CT molecular complexity index is 597. The number of carbonyl (C=O) groups excluding carboxylic acids is 1. The molecule has 1 amide bonds. The van der Waals surface area contributed by atoms with Crippen LogP contribution in [0.1, 0.15) is 17.0 Å². The van der Waals surface area contributed by atoms with Crippen LogP contribution in [0.5, 0.6) is 0 Å². The third-order valence-electron chi connectivity index (χ3n) is 4.11. The first kappa shape index (κ1) is 13.8. The number of amides is 1. The molecule has 1 fully saturated rings. The van der Waals surface area contributed by atoms with Gasteiger partial charge in [-0.1, -0.05) is 60.7 Å². The second-order valence-corrected chi connectivity index (χ2v) is 5.54. The lowest BCUT2D eigenvalue weighted by atomic mass is 9.89. The molecule has 2 aromatic rings. The van der Waals surface area contributed by atoms with Gasteiger partial charge in [0, 0.05) is 25.6 Å². The Kier molecular flexibility index (Phi) is 4.02. The first-order valence-electron chi connectivity index (χ1n) is 7.28. The Labute approximate surface area is 124 Å². The fourth-order valence-corrected chi connectivity index (χ4v) is 3.06. The normalized spacial score (nSPS) is 21.8. The molecule has 21 heavy (non-hydrogen) atoms. The molecule has 3 heteroatoms. The molecule has 0 spiro atoms. The standard InChI is InChI=1S/C18H19NO2/c20-13-16-12-19(11-14-7-3-1-4-8-14)18(21)17(16)15-9-5-2-6-10-15/h1-10,16-17,20H,11-13H2/t16-,17-/m1/s1. The Morgan fingerprint density at radius 3 is 2.24 bits per heavy atom. The minimum absolute atomic E-state index is 0.0244. The Morgan fingerprint density at radius 2 is 1.62 bits per heavy atom. The second kappa shape index (κ2) is 6.10. The van der Waals surface area contributed by atoms with Crippen molar-refractivity contribution < 1.29 is 9.90 Å². The van der Waals surface area contributed by atoms with Gasteiger partial charge in [-0.05, 0) is 11.1 Å². The van der Waals surface area contributed by atoms with Gasteiger partial charge in [0.1, 0.15) is 0 Å². The molecule has 0 bridgehead atoms. The van der Waals surface area contributed by atoms with Crippen molar-refractivity contribution in [1.29, 1.82) is 0 Å². The minimum Gasteiger partial charge on any atom is -0.396 e. The van der Waals surface area contributed by atoms with E-state index in [0.29, 0.717) is 13.1 Å². The van der Waals surface area contributed by atoms with E-state index in [4.69, 9.17) is 0 Å². The van der Waals surface area contributed by atoms with Crippen molar-refractivity contribution in [2.75, 3.05) is 13.2 Å². The summed E-state index contributed by atoms with van der Waals surface area (Å²) in [6.07, 6.45) is 0. The molecule has 3 nitrogen and oxygen atoms in total. The summed E-state index contributed by atoms with van der Waals surface area (Å²) in [6, 6.07) is 19.7. The van der Waals surface area contributed by atoms with Gasteiger partial charge >= 0.3 is 0 Å². The third kappa shape index (κ3) is 2.83. The van der Waals surface area contributed by atoms with E-state index in [2.05, 4.69) is 0 Å². The van der Waals surface area contributed by atoms with Gasteiger partial charge in [-0.3, -0.25) is 4.79 Å². The van der Waals surface area contributed by atoms with E-state index in [0.717, 1.165) is 11.1 Å². The van der Waals surface area contributed by atoms with E-state index in [-0.39, 0.29) is 24.3 Å². The number of aliphatic hydroxyl groups excluding tert-OH is 1. The molecular weight excluding hydrogens is 262 g/mol. The molecule has 1 heterocycles. The molecule has 2 aromatic carbocycles. The minimum atomic E-state index is -0.222. The maximum atomic E-state index is 12.7. The number of rotatable bonds is 4. The topological polar surface area (TPSA) is 40.5 Å². The van der Waals surface area contributed by atoms with Crippen molar-refractivity contribution in [1.82, 2.24) is 4.90 Å².